The Morgan fingerprint density at radius 2 is 2.11 bits per heavy atom. The fourth-order valence-electron chi connectivity index (χ4n) is 1.34. The summed E-state index contributed by atoms with van der Waals surface area (Å²) in [5.41, 5.74) is 0. The Bertz CT molecular complexity index is 369. The molecule has 1 aromatic rings. The van der Waals surface area contributed by atoms with Gasteiger partial charge in [0, 0.05) is 25.7 Å². The van der Waals surface area contributed by atoms with Gasteiger partial charge in [0.25, 0.3) is 0 Å². The molecule has 5 nitrogen and oxygen atoms in total. The molecular formula is C12H22FN5. The number of nitrogens with one attached hydrogen (secondary N) is 2. The molecule has 0 unspecified atom stereocenters. The van der Waals surface area contributed by atoms with Gasteiger partial charge in [-0.2, -0.15) is 4.98 Å². The molecule has 0 spiro atoms. The van der Waals surface area contributed by atoms with Crippen molar-refractivity contribution in [2.45, 2.75) is 26.8 Å². The van der Waals surface area contributed by atoms with Crippen LogP contribution in [0.25, 0.3) is 0 Å². The zero-order valence-electron chi connectivity index (χ0n) is 11.5. The Hall–Kier alpha value is -1.43. The molecule has 0 bridgehead atoms. The van der Waals surface area contributed by atoms with Crippen LogP contribution in [0.15, 0.2) is 6.20 Å². The van der Waals surface area contributed by atoms with Crippen molar-refractivity contribution >= 4 is 11.8 Å². The van der Waals surface area contributed by atoms with Crippen LogP contribution in [0, 0.1) is 5.82 Å². The summed E-state index contributed by atoms with van der Waals surface area (Å²) in [5.74, 6) is 0.264. The molecule has 0 saturated heterocycles. The Morgan fingerprint density at radius 3 is 2.72 bits per heavy atom. The van der Waals surface area contributed by atoms with Gasteiger partial charge in [-0.05, 0) is 27.8 Å². The fraction of sp³-hybridized carbons (Fsp3) is 0.667. The van der Waals surface area contributed by atoms with Crippen molar-refractivity contribution in [3.05, 3.63) is 12.0 Å². The van der Waals surface area contributed by atoms with Crippen molar-refractivity contribution in [2.24, 2.45) is 0 Å². The molecule has 0 fully saturated rings. The predicted octanol–water partition coefficient (Wildman–Crippen LogP) is 1.80. The van der Waals surface area contributed by atoms with E-state index in [0.29, 0.717) is 25.1 Å². The van der Waals surface area contributed by atoms with Crippen molar-refractivity contribution < 1.29 is 4.39 Å². The van der Waals surface area contributed by atoms with Gasteiger partial charge in [0.15, 0.2) is 11.6 Å². The number of nitrogens with zero attached hydrogens (tertiary/aromatic N) is 3. The molecule has 1 aromatic heterocycles. The molecule has 2 N–H and O–H groups in total. The first kappa shape index (κ1) is 14.6. The Labute approximate surface area is 108 Å². The predicted molar refractivity (Wildman–Crippen MR) is 72.4 cm³/mol. The molecule has 0 atom stereocenters. The van der Waals surface area contributed by atoms with Crippen LogP contribution in [-0.2, 0) is 0 Å². The maximum Gasteiger partial charge on any atom is 0.224 e. The highest BCUT2D eigenvalue weighted by Gasteiger charge is 2.07. The molecule has 0 aromatic carbocycles. The number of rotatable bonds is 7. The zero-order valence-corrected chi connectivity index (χ0v) is 11.5. The van der Waals surface area contributed by atoms with Crippen LogP contribution in [0.1, 0.15) is 20.8 Å². The summed E-state index contributed by atoms with van der Waals surface area (Å²) in [5, 5.41) is 5.94. The Kier molecular flexibility index (Phi) is 5.77. The molecule has 0 radical (unpaired) electrons. The topological polar surface area (TPSA) is 53.1 Å². The van der Waals surface area contributed by atoms with Crippen molar-refractivity contribution in [3.8, 4) is 0 Å². The number of likely N-dealkylation sites (N-methyl/N-ethyl adjacent to an activating group) is 1. The largest absolute Gasteiger partial charge is 0.366 e. The second-order valence-electron chi connectivity index (χ2n) is 4.42. The number of aromatic nitrogens is 2. The summed E-state index contributed by atoms with van der Waals surface area (Å²) in [6.07, 6.45) is 1.18. The zero-order chi connectivity index (χ0) is 13.5. The van der Waals surface area contributed by atoms with Crippen LogP contribution in [0.2, 0.25) is 0 Å². The van der Waals surface area contributed by atoms with Gasteiger partial charge < -0.3 is 15.5 Å². The maximum absolute atomic E-state index is 13.5. The highest BCUT2D eigenvalue weighted by Crippen LogP contribution is 2.11. The lowest BCUT2D eigenvalue weighted by Gasteiger charge is -2.21. The molecule has 0 saturated carbocycles. The van der Waals surface area contributed by atoms with E-state index in [9.17, 15) is 4.39 Å². The Morgan fingerprint density at radius 1 is 1.39 bits per heavy atom. The van der Waals surface area contributed by atoms with E-state index in [1.165, 1.54) is 6.20 Å². The molecule has 1 rings (SSSR count). The molecule has 18 heavy (non-hydrogen) atoms. The SMILES string of the molecule is CCNc1ncc(F)c(NCCN(C)C(C)C)n1. The van der Waals surface area contributed by atoms with E-state index < -0.39 is 5.82 Å². The summed E-state index contributed by atoms with van der Waals surface area (Å²) in [4.78, 5) is 10.1. The molecule has 6 heteroatoms. The maximum atomic E-state index is 13.5. The third kappa shape index (κ3) is 4.44. The van der Waals surface area contributed by atoms with Crippen molar-refractivity contribution in [1.82, 2.24) is 14.9 Å². The highest BCUT2D eigenvalue weighted by atomic mass is 19.1. The molecule has 0 aliphatic carbocycles. The van der Waals surface area contributed by atoms with Gasteiger partial charge in [-0.15, -0.1) is 0 Å². The first-order valence-electron chi connectivity index (χ1n) is 6.25. The van der Waals surface area contributed by atoms with E-state index in [0.717, 1.165) is 6.54 Å². The lowest BCUT2D eigenvalue weighted by atomic mass is 10.3. The number of hydrogen-bond acceptors (Lipinski definition) is 5. The molecular weight excluding hydrogens is 233 g/mol. The summed E-state index contributed by atoms with van der Waals surface area (Å²) in [7, 11) is 2.03. The second kappa shape index (κ2) is 7.10. The number of anilines is 2. The van der Waals surface area contributed by atoms with Gasteiger partial charge in [0.05, 0.1) is 6.20 Å². The molecule has 0 aliphatic heterocycles. The van der Waals surface area contributed by atoms with Crippen molar-refractivity contribution in [1.29, 1.82) is 0 Å². The second-order valence-corrected chi connectivity index (χ2v) is 4.42. The van der Waals surface area contributed by atoms with Gasteiger partial charge >= 0.3 is 0 Å². The van der Waals surface area contributed by atoms with Crippen molar-refractivity contribution in [2.75, 3.05) is 37.3 Å². The third-order valence-corrected chi connectivity index (χ3v) is 2.72. The lowest BCUT2D eigenvalue weighted by molar-refractivity contribution is 0.284. The minimum Gasteiger partial charge on any atom is -0.366 e. The summed E-state index contributed by atoms with van der Waals surface area (Å²) >= 11 is 0. The van der Waals surface area contributed by atoms with E-state index in [-0.39, 0.29) is 5.82 Å². The average Bonchev–Trinajstić information content (AvgIpc) is 2.33. The molecule has 0 amide bonds. The molecule has 1 heterocycles. The van der Waals surface area contributed by atoms with Crippen molar-refractivity contribution in [3.63, 3.8) is 0 Å². The molecule has 102 valence electrons. The average molecular weight is 255 g/mol. The van der Waals surface area contributed by atoms with Gasteiger partial charge in [-0.25, -0.2) is 9.37 Å². The summed E-state index contributed by atoms with van der Waals surface area (Å²) in [6.45, 7) is 8.37. The monoisotopic (exact) mass is 255 g/mol. The van der Waals surface area contributed by atoms with Crippen LogP contribution in [0.4, 0.5) is 16.2 Å². The first-order valence-corrected chi connectivity index (χ1v) is 6.25. The smallest absolute Gasteiger partial charge is 0.224 e. The van der Waals surface area contributed by atoms with Gasteiger partial charge in [-0.1, -0.05) is 0 Å². The summed E-state index contributed by atoms with van der Waals surface area (Å²) in [6, 6.07) is 0.472. The van der Waals surface area contributed by atoms with E-state index in [2.05, 4.69) is 39.3 Å². The number of halogens is 1. The number of hydrogen-bond donors (Lipinski definition) is 2. The van der Waals surface area contributed by atoms with Crippen LogP contribution >= 0.6 is 0 Å². The van der Waals surface area contributed by atoms with E-state index >= 15 is 0 Å². The minimum atomic E-state index is -0.427. The lowest BCUT2D eigenvalue weighted by Crippen LogP contribution is -2.31. The quantitative estimate of drug-likeness (QED) is 0.778. The Balaban J connectivity index is 2.53. The van der Waals surface area contributed by atoms with Gasteiger partial charge in [0.2, 0.25) is 5.95 Å². The minimum absolute atomic E-state index is 0.248. The fourth-order valence-corrected chi connectivity index (χ4v) is 1.34. The van der Waals surface area contributed by atoms with E-state index in [4.69, 9.17) is 0 Å². The molecule has 0 aliphatic rings. The first-order chi connectivity index (χ1) is 8.54. The van der Waals surface area contributed by atoms with E-state index in [1.54, 1.807) is 0 Å². The van der Waals surface area contributed by atoms with Gasteiger partial charge in [-0.3, -0.25) is 0 Å². The van der Waals surface area contributed by atoms with Crippen LogP contribution in [0.5, 0.6) is 0 Å². The summed E-state index contributed by atoms with van der Waals surface area (Å²) < 4.78 is 13.5. The van der Waals surface area contributed by atoms with E-state index in [1.807, 2.05) is 14.0 Å². The van der Waals surface area contributed by atoms with Crippen LogP contribution in [0.3, 0.4) is 0 Å². The third-order valence-electron chi connectivity index (χ3n) is 2.72. The highest BCUT2D eigenvalue weighted by molar-refractivity contribution is 5.40. The van der Waals surface area contributed by atoms with Crippen LogP contribution < -0.4 is 10.6 Å². The van der Waals surface area contributed by atoms with Gasteiger partial charge in [0.1, 0.15) is 0 Å². The van der Waals surface area contributed by atoms with Crippen LogP contribution in [-0.4, -0.2) is 47.6 Å². The standard InChI is InChI=1S/C12H22FN5/c1-5-14-12-16-8-10(13)11(17-12)15-6-7-18(4)9(2)3/h8-9H,5-7H2,1-4H3,(H2,14,15,16,17). The normalized spacial score (nSPS) is 11.1.